The van der Waals surface area contributed by atoms with Crippen molar-refractivity contribution in [2.24, 2.45) is 7.05 Å². The van der Waals surface area contributed by atoms with Gasteiger partial charge in [0.05, 0.1) is 19.3 Å². The molecule has 118 valence electrons. The van der Waals surface area contributed by atoms with Crippen LogP contribution >= 0.6 is 11.3 Å². The highest BCUT2D eigenvalue weighted by Gasteiger charge is 2.28. The van der Waals surface area contributed by atoms with Gasteiger partial charge in [-0.3, -0.25) is 14.4 Å². The number of hydrogen-bond donors (Lipinski definition) is 1. The van der Waals surface area contributed by atoms with Crippen LogP contribution < -0.4 is 5.32 Å². The zero-order chi connectivity index (χ0) is 15.5. The summed E-state index contributed by atoms with van der Waals surface area (Å²) in [5, 5.41) is 7.27. The minimum Gasteiger partial charge on any atom is -0.350 e. The molecule has 1 amide bonds. The molecular weight excluding hydrogens is 296 g/mol. The maximum Gasteiger partial charge on any atom is 0.234 e. The lowest BCUT2D eigenvalue weighted by Gasteiger charge is -2.22. The molecule has 1 unspecified atom stereocenters. The molecule has 22 heavy (non-hydrogen) atoms. The summed E-state index contributed by atoms with van der Waals surface area (Å²) in [6.45, 7) is 4.15. The molecule has 6 heteroatoms. The van der Waals surface area contributed by atoms with Gasteiger partial charge < -0.3 is 5.32 Å². The zero-order valence-corrected chi connectivity index (χ0v) is 13.9. The summed E-state index contributed by atoms with van der Waals surface area (Å²) >= 11 is 1.73. The van der Waals surface area contributed by atoms with Crippen molar-refractivity contribution in [1.82, 2.24) is 20.0 Å². The predicted octanol–water partition coefficient (Wildman–Crippen LogP) is 2.24. The summed E-state index contributed by atoms with van der Waals surface area (Å²) in [5.74, 6) is 0.0989. The minimum atomic E-state index is 0.0989. The van der Waals surface area contributed by atoms with E-state index in [1.165, 1.54) is 15.3 Å². The van der Waals surface area contributed by atoms with Gasteiger partial charge in [-0.2, -0.15) is 5.10 Å². The predicted molar refractivity (Wildman–Crippen MR) is 87.7 cm³/mol. The van der Waals surface area contributed by atoms with Crippen molar-refractivity contribution in [3.05, 3.63) is 39.8 Å². The van der Waals surface area contributed by atoms with Crippen LogP contribution in [-0.4, -0.2) is 33.7 Å². The summed E-state index contributed by atoms with van der Waals surface area (Å²) in [7, 11) is 1.93. The smallest absolute Gasteiger partial charge is 0.234 e. The van der Waals surface area contributed by atoms with Gasteiger partial charge in [0, 0.05) is 34.6 Å². The Kier molecular flexibility index (Phi) is 4.59. The number of thiophene rings is 1. The Morgan fingerprint density at radius 2 is 2.36 bits per heavy atom. The van der Waals surface area contributed by atoms with Crippen molar-refractivity contribution in [1.29, 1.82) is 0 Å². The highest BCUT2D eigenvalue weighted by molar-refractivity contribution is 7.11. The molecule has 2 aromatic heterocycles. The molecular formula is C16H22N4OS. The molecule has 1 atom stereocenters. The summed E-state index contributed by atoms with van der Waals surface area (Å²) in [5.41, 5.74) is 1.21. The third-order valence-corrected chi connectivity index (χ3v) is 5.08. The van der Waals surface area contributed by atoms with Crippen LogP contribution in [0.25, 0.3) is 0 Å². The number of amides is 1. The third-order valence-electron chi connectivity index (χ3n) is 4.08. The number of nitrogens with zero attached hydrogens (tertiary/aromatic N) is 3. The second kappa shape index (κ2) is 6.62. The Labute approximate surface area is 134 Å². The molecule has 0 saturated carbocycles. The number of hydrogen-bond acceptors (Lipinski definition) is 4. The van der Waals surface area contributed by atoms with E-state index in [1.807, 2.05) is 17.9 Å². The highest BCUT2D eigenvalue weighted by Crippen LogP contribution is 2.31. The molecule has 1 fully saturated rings. The molecule has 5 nitrogen and oxygen atoms in total. The molecule has 0 bridgehead atoms. The number of carbonyl (C=O) groups is 1. The zero-order valence-electron chi connectivity index (χ0n) is 13.1. The first-order valence-electron chi connectivity index (χ1n) is 7.66. The van der Waals surface area contributed by atoms with Crippen LogP contribution in [0.3, 0.4) is 0 Å². The second-order valence-corrected chi connectivity index (χ2v) is 7.24. The molecule has 0 spiro atoms. The van der Waals surface area contributed by atoms with E-state index in [0.717, 1.165) is 19.4 Å². The van der Waals surface area contributed by atoms with Crippen molar-refractivity contribution in [3.63, 3.8) is 0 Å². The summed E-state index contributed by atoms with van der Waals surface area (Å²) in [4.78, 5) is 16.9. The van der Waals surface area contributed by atoms with E-state index in [-0.39, 0.29) is 5.91 Å². The first-order valence-corrected chi connectivity index (χ1v) is 8.48. The van der Waals surface area contributed by atoms with Gasteiger partial charge in [-0.15, -0.1) is 11.3 Å². The summed E-state index contributed by atoms with van der Waals surface area (Å²) in [6.07, 6.45) is 6.20. The fourth-order valence-electron chi connectivity index (χ4n) is 3.01. The Hall–Kier alpha value is -1.66. The molecule has 0 aliphatic carbocycles. The lowest BCUT2D eigenvalue weighted by Crippen LogP contribution is -2.36. The van der Waals surface area contributed by atoms with Crippen molar-refractivity contribution in [3.8, 4) is 0 Å². The minimum absolute atomic E-state index is 0.0989. The fraction of sp³-hybridized carbons (Fsp3) is 0.500. The summed E-state index contributed by atoms with van der Waals surface area (Å²) in [6, 6.07) is 4.49. The van der Waals surface area contributed by atoms with Gasteiger partial charge in [0.25, 0.3) is 0 Å². The molecule has 2 aromatic rings. The van der Waals surface area contributed by atoms with Crippen LogP contribution in [0.4, 0.5) is 0 Å². The van der Waals surface area contributed by atoms with E-state index in [9.17, 15) is 4.79 Å². The van der Waals surface area contributed by atoms with E-state index in [0.29, 0.717) is 19.1 Å². The van der Waals surface area contributed by atoms with Crippen LogP contribution in [0.1, 0.15) is 34.2 Å². The normalized spacial score (nSPS) is 18.7. The van der Waals surface area contributed by atoms with Crippen molar-refractivity contribution >= 4 is 17.2 Å². The lowest BCUT2D eigenvalue weighted by atomic mass is 10.1. The average Bonchev–Trinajstić information content (AvgIpc) is 3.18. The van der Waals surface area contributed by atoms with Gasteiger partial charge in [0.1, 0.15) is 0 Å². The molecule has 1 aliphatic rings. The van der Waals surface area contributed by atoms with Crippen molar-refractivity contribution < 1.29 is 4.79 Å². The Balaban J connectivity index is 1.54. The maximum absolute atomic E-state index is 12.2. The van der Waals surface area contributed by atoms with Crippen molar-refractivity contribution in [2.75, 3.05) is 13.1 Å². The van der Waals surface area contributed by atoms with Crippen LogP contribution in [0.15, 0.2) is 24.5 Å². The van der Waals surface area contributed by atoms with Crippen LogP contribution in [0.5, 0.6) is 0 Å². The van der Waals surface area contributed by atoms with Crippen LogP contribution in [-0.2, 0) is 18.4 Å². The van der Waals surface area contributed by atoms with Gasteiger partial charge in [0.15, 0.2) is 0 Å². The standard InChI is InChI=1S/C16H22N4OS/c1-12-5-6-14(22-12)9-17-16(21)11-20-7-3-4-15(20)13-8-18-19(2)10-13/h5-6,8,10,15H,3-4,7,9,11H2,1-2H3,(H,17,21). The van der Waals surface area contributed by atoms with E-state index in [4.69, 9.17) is 0 Å². The van der Waals surface area contributed by atoms with Gasteiger partial charge in [-0.05, 0) is 38.4 Å². The molecule has 1 aliphatic heterocycles. The Bertz CT molecular complexity index is 648. The number of nitrogens with one attached hydrogen (secondary N) is 1. The number of likely N-dealkylation sites (tertiary alicyclic amines) is 1. The van der Waals surface area contributed by atoms with Gasteiger partial charge >= 0.3 is 0 Å². The van der Waals surface area contributed by atoms with Gasteiger partial charge in [0.2, 0.25) is 5.91 Å². The monoisotopic (exact) mass is 318 g/mol. The molecule has 1 N–H and O–H groups in total. The molecule has 0 aromatic carbocycles. The fourth-order valence-corrected chi connectivity index (χ4v) is 3.84. The highest BCUT2D eigenvalue weighted by atomic mass is 32.1. The average molecular weight is 318 g/mol. The second-order valence-electron chi connectivity index (χ2n) is 5.86. The molecule has 3 heterocycles. The van der Waals surface area contributed by atoms with Crippen LogP contribution in [0, 0.1) is 6.92 Å². The van der Waals surface area contributed by atoms with Crippen molar-refractivity contribution in [2.45, 2.75) is 32.4 Å². The molecule has 1 saturated heterocycles. The number of carbonyl (C=O) groups excluding carboxylic acids is 1. The quantitative estimate of drug-likeness (QED) is 0.920. The first-order chi connectivity index (χ1) is 10.6. The third kappa shape index (κ3) is 3.56. The Morgan fingerprint density at radius 3 is 3.05 bits per heavy atom. The lowest BCUT2D eigenvalue weighted by molar-refractivity contribution is -0.122. The number of rotatable bonds is 5. The maximum atomic E-state index is 12.2. The molecule has 0 radical (unpaired) electrons. The number of aryl methyl sites for hydroxylation is 2. The number of aromatic nitrogens is 2. The van der Waals surface area contributed by atoms with E-state index < -0.39 is 0 Å². The van der Waals surface area contributed by atoms with Gasteiger partial charge in [-0.25, -0.2) is 0 Å². The van der Waals surface area contributed by atoms with E-state index in [2.05, 4.69) is 40.6 Å². The van der Waals surface area contributed by atoms with E-state index in [1.54, 1.807) is 11.3 Å². The SMILES string of the molecule is Cc1ccc(CNC(=O)CN2CCCC2c2cnn(C)c2)s1. The topological polar surface area (TPSA) is 50.2 Å². The molecule has 3 rings (SSSR count). The first kappa shape index (κ1) is 15.2. The van der Waals surface area contributed by atoms with E-state index >= 15 is 0 Å². The van der Waals surface area contributed by atoms with Crippen LogP contribution in [0.2, 0.25) is 0 Å². The largest absolute Gasteiger partial charge is 0.350 e. The summed E-state index contributed by atoms with van der Waals surface area (Å²) < 4.78 is 1.82. The Morgan fingerprint density at radius 1 is 1.50 bits per heavy atom. The van der Waals surface area contributed by atoms with Gasteiger partial charge in [-0.1, -0.05) is 0 Å².